The summed E-state index contributed by atoms with van der Waals surface area (Å²) >= 11 is 2.01. The number of amides is 3. The molecule has 2 fully saturated rings. The van der Waals surface area contributed by atoms with Crippen molar-refractivity contribution < 1.29 is 24.4 Å². The van der Waals surface area contributed by atoms with E-state index in [-0.39, 0.29) is 34.4 Å². The van der Waals surface area contributed by atoms with Crippen molar-refractivity contribution in [3.8, 4) is 5.75 Å². The molecular weight excluding hydrogens is 556 g/mol. The molecular formula is C27H24N4O7S2. The quantitative estimate of drug-likeness (QED) is 0.275. The van der Waals surface area contributed by atoms with Gasteiger partial charge in [0.2, 0.25) is 17.7 Å². The third kappa shape index (κ3) is 4.29. The largest absolute Gasteiger partial charge is 0.508 e. The summed E-state index contributed by atoms with van der Waals surface area (Å²) in [5.41, 5.74) is 0.431. The van der Waals surface area contributed by atoms with E-state index in [2.05, 4.69) is 0 Å². The maximum Gasteiger partial charge on any atom is 0.308 e. The molecule has 2 aromatic carbocycles. The van der Waals surface area contributed by atoms with Crippen molar-refractivity contribution in [3.05, 3.63) is 78.8 Å². The third-order valence-corrected chi connectivity index (χ3v) is 10.2. The van der Waals surface area contributed by atoms with Crippen LogP contribution in [0.3, 0.4) is 0 Å². The number of non-ortho nitro benzene ring substituents is 1. The van der Waals surface area contributed by atoms with E-state index in [4.69, 9.17) is 0 Å². The summed E-state index contributed by atoms with van der Waals surface area (Å²) in [6.45, 7) is 1.10. The molecule has 2 unspecified atom stereocenters. The summed E-state index contributed by atoms with van der Waals surface area (Å²) < 4.78 is 1.39. The highest BCUT2D eigenvalue weighted by atomic mass is 32.2. The number of para-hydroxylation sites is 1. The third-order valence-electron chi connectivity index (χ3n) is 7.64. The average Bonchev–Trinajstić information content (AvgIpc) is 3.40. The van der Waals surface area contributed by atoms with Crippen LogP contribution in [-0.4, -0.2) is 55.6 Å². The number of carbonyl (C=O) groups excluding carboxylic acids is 3. The molecule has 1 N–H and O–H groups in total. The lowest BCUT2D eigenvalue weighted by Crippen LogP contribution is -2.39. The molecule has 11 nitrogen and oxygen atoms in total. The topological polar surface area (TPSA) is 143 Å². The molecule has 2 saturated heterocycles. The highest BCUT2D eigenvalue weighted by Crippen LogP contribution is 2.55. The number of hydrogen-bond donors (Lipinski definition) is 1. The Hall–Kier alpha value is -3.97. The number of rotatable bonds is 5. The molecule has 1 aromatic heterocycles. The number of benzene rings is 2. The Morgan fingerprint density at radius 3 is 2.38 bits per heavy atom. The molecule has 0 bridgehead atoms. The number of fused-ring (bicyclic) bond motifs is 2. The Morgan fingerprint density at radius 2 is 1.70 bits per heavy atom. The van der Waals surface area contributed by atoms with Crippen LogP contribution in [0.25, 0.3) is 0 Å². The number of carbonyl (C=O) groups is 3. The van der Waals surface area contributed by atoms with Crippen molar-refractivity contribution in [2.24, 2.45) is 5.92 Å². The Balaban J connectivity index is 1.43. The number of nitro groups is 1. The van der Waals surface area contributed by atoms with E-state index >= 15 is 0 Å². The Labute approximate surface area is 236 Å². The fraction of sp³-hybridized carbons (Fsp3) is 0.333. The molecule has 3 atom stereocenters. The fourth-order valence-corrected chi connectivity index (χ4v) is 8.46. The number of thiazole rings is 1. The van der Waals surface area contributed by atoms with E-state index in [1.54, 1.807) is 23.1 Å². The number of likely N-dealkylation sites (tertiary alicyclic amines) is 1. The zero-order valence-electron chi connectivity index (χ0n) is 21.1. The molecule has 3 aliphatic rings. The minimum atomic E-state index is -0.933. The van der Waals surface area contributed by atoms with Gasteiger partial charge in [0.15, 0.2) is 0 Å². The first kappa shape index (κ1) is 26.3. The van der Waals surface area contributed by atoms with Crippen molar-refractivity contribution in [2.75, 3.05) is 18.0 Å². The van der Waals surface area contributed by atoms with Gasteiger partial charge in [0.05, 0.1) is 21.6 Å². The van der Waals surface area contributed by atoms with Gasteiger partial charge in [-0.05, 0) is 37.5 Å². The molecule has 206 valence electrons. The van der Waals surface area contributed by atoms with E-state index in [9.17, 15) is 34.4 Å². The van der Waals surface area contributed by atoms with Crippen molar-refractivity contribution in [1.82, 2.24) is 9.47 Å². The summed E-state index contributed by atoms with van der Waals surface area (Å²) in [5, 5.41) is 21.4. The average molecular weight is 581 g/mol. The summed E-state index contributed by atoms with van der Waals surface area (Å²) in [5.74, 6) is -3.02. The van der Waals surface area contributed by atoms with Crippen LogP contribution in [0.2, 0.25) is 0 Å². The number of aromatic nitrogens is 1. The first-order chi connectivity index (χ1) is 19.3. The van der Waals surface area contributed by atoms with E-state index in [0.717, 1.165) is 47.3 Å². The number of phenols is 1. The van der Waals surface area contributed by atoms with Crippen molar-refractivity contribution in [3.63, 3.8) is 0 Å². The second-order valence-corrected chi connectivity index (χ2v) is 12.1. The zero-order chi connectivity index (χ0) is 28.1. The molecule has 3 aliphatic heterocycles. The molecule has 0 saturated carbocycles. The molecule has 0 radical (unpaired) electrons. The van der Waals surface area contributed by atoms with Crippen LogP contribution in [-0.2, 0) is 20.9 Å². The molecule has 4 heterocycles. The molecule has 13 heteroatoms. The molecule has 6 rings (SSSR count). The lowest BCUT2D eigenvalue weighted by molar-refractivity contribution is -0.384. The van der Waals surface area contributed by atoms with E-state index in [1.807, 2.05) is 0 Å². The van der Waals surface area contributed by atoms with Crippen molar-refractivity contribution in [2.45, 2.75) is 42.0 Å². The summed E-state index contributed by atoms with van der Waals surface area (Å²) in [7, 11) is 0. The van der Waals surface area contributed by atoms with Crippen LogP contribution in [0.5, 0.6) is 5.75 Å². The highest BCUT2D eigenvalue weighted by Gasteiger charge is 2.57. The molecule has 40 heavy (non-hydrogen) atoms. The molecule has 0 spiro atoms. The SMILES string of the molecule is O=C(Cn1c2c(sc1=O)[C@@H](c1ccccc1O)C1C(=O)N(c3ccc([N+](=O)[O-])cc3)C(=O)C1S2)N1CCCCC1. The zero-order valence-corrected chi connectivity index (χ0v) is 22.7. The Morgan fingerprint density at radius 1 is 1.00 bits per heavy atom. The maximum absolute atomic E-state index is 13.9. The van der Waals surface area contributed by atoms with Gasteiger partial charge >= 0.3 is 4.87 Å². The van der Waals surface area contributed by atoms with Crippen LogP contribution in [0, 0.1) is 16.0 Å². The predicted octanol–water partition coefficient (Wildman–Crippen LogP) is 3.33. The molecule has 0 aliphatic carbocycles. The molecule has 3 aromatic rings. The second kappa shape index (κ2) is 10.2. The second-order valence-electron chi connectivity index (χ2n) is 9.95. The van der Waals surface area contributed by atoms with Crippen LogP contribution in [0.15, 0.2) is 58.4 Å². The standard InChI is InChI=1S/C27H24N4O7S2/c32-18-7-3-2-6-17(18)20-21-22(25(35)30(24(21)34)15-8-10-16(11-9-15)31(37)38)39-26-23(20)40-27(36)29(26)14-19(33)28-12-4-1-5-13-28/h2-3,6-11,20-22,32H,1,4-5,12-14H2/t20-,21?,22?/m0/s1. The minimum absolute atomic E-state index is 0.0741. The molecule has 3 amide bonds. The first-order valence-electron chi connectivity index (χ1n) is 12.8. The summed E-state index contributed by atoms with van der Waals surface area (Å²) in [4.78, 5) is 67.5. The van der Waals surface area contributed by atoms with Gasteiger partial charge in [-0.25, -0.2) is 4.90 Å². The summed E-state index contributed by atoms with van der Waals surface area (Å²) in [6, 6.07) is 11.7. The number of aromatic hydroxyl groups is 1. The Bertz CT molecular complexity index is 1590. The van der Waals surface area contributed by atoms with Gasteiger partial charge < -0.3 is 10.0 Å². The van der Waals surface area contributed by atoms with Gasteiger partial charge in [0, 0.05) is 41.6 Å². The minimum Gasteiger partial charge on any atom is -0.508 e. The smallest absolute Gasteiger partial charge is 0.308 e. The van der Waals surface area contributed by atoms with Gasteiger partial charge in [0.1, 0.15) is 17.5 Å². The number of nitrogens with zero attached hydrogens (tertiary/aromatic N) is 4. The fourth-order valence-electron chi connectivity index (χ4n) is 5.70. The van der Waals surface area contributed by atoms with E-state index < -0.39 is 33.8 Å². The Kier molecular flexibility index (Phi) is 6.70. The maximum atomic E-state index is 13.9. The highest BCUT2D eigenvalue weighted by molar-refractivity contribution is 8.00. The van der Waals surface area contributed by atoms with Crippen molar-refractivity contribution in [1.29, 1.82) is 0 Å². The van der Waals surface area contributed by atoms with Gasteiger partial charge in [-0.15, -0.1) is 0 Å². The van der Waals surface area contributed by atoms with Gasteiger partial charge in [-0.3, -0.25) is 33.9 Å². The predicted molar refractivity (Wildman–Crippen MR) is 148 cm³/mol. The first-order valence-corrected chi connectivity index (χ1v) is 14.5. The van der Waals surface area contributed by atoms with Crippen LogP contribution < -0.4 is 9.77 Å². The summed E-state index contributed by atoms with van der Waals surface area (Å²) in [6.07, 6.45) is 2.87. The van der Waals surface area contributed by atoms with E-state index in [1.165, 1.54) is 34.9 Å². The number of piperidine rings is 1. The van der Waals surface area contributed by atoms with E-state index in [0.29, 0.717) is 28.6 Å². The van der Waals surface area contributed by atoms with Crippen LogP contribution in [0.1, 0.15) is 35.6 Å². The number of thioether (sulfide) groups is 1. The van der Waals surface area contributed by atoms with Crippen LogP contribution >= 0.6 is 23.1 Å². The lowest BCUT2D eigenvalue weighted by atomic mass is 9.82. The van der Waals surface area contributed by atoms with Gasteiger partial charge in [-0.1, -0.05) is 41.3 Å². The number of anilines is 1. The monoisotopic (exact) mass is 580 g/mol. The van der Waals surface area contributed by atoms with Crippen LogP contribution in [0.4, 0.5) is 11.4 Å². The normalized spacial score (nSPS) is 22.2. The number of phenolic OH excluding ortho intramolecular Hbond substituents is 1. The van der Waals surface area contributed by atoms with Gasteiger partial charge in [0.25, 0.3) is 5.69 Å². The number of nitro benzene ring substituents is 1. The number of hydrogen-bond acceptors (Lipinski definition) is 9. The lowest BCUT2D eigenvalue weighted by Gasteiger charge is -2.31. The number of imide groups is 1. The van der Waals surface area contributed by atoms with Crippen molar-refractivity contribution >= 4 is 52.2 Å². The van der Waals surface area contributed by atoms with Gasteiger partial charge in [-0.2, -0.15) is 0 Å².